The number of thiazole rings is 1. The third kappa shape index (κ3) is 5.92. The first-order valence-electron chi connectivity index (χ1n) is 11.3. The van der Waals surface area contributed by atoms with E-state index in [1.54, 1.807) is 23.1 Å². The fourth-order valence-corrected chi connectivity index (χ4v) is 5.52. The number of thioether (sulfide) groups is 1. The first kappa shape index (κ1) is 23.3. The van der Waals surface area contributed by atoms with Crippen LogP contribution >= 0.6 is 23.1 Å². The first-order valence-corrected chi connectivity index (χ1v) is 13.0. The fraction of sp³-hybridized carbons (Fsp3) is 0.214. The number of aryl methyl sites for hydroxylation is 1. The van der Waals surface area contributed by atoms with Gasteiger partial charge in [0.2, 0.25) is 0 Å². The zero-order chi connectivity index (χ0) is 23.2. The van der Waals surface area contributed by atoms with E-state index in [9.17, 15) is 4.79 Å². The highest BCUT2D eigenvalue weighted by Crippen LogP contribution is 2.34. The molecule has 5 heteroatoms. The van der Waals surface area contributed by atoms with Crippen LogP contribution in [-0.2, 0) is 6.42 Å². The number of benzene rings is 3. The number of carbonyl (C=O) groups is 1. The molecule has 1 amide bonds. The van der Waals surface area contributed by atoms with Crippen LogP contribution in [0.5, 0.6) is 0 Å². The SMILES string of the molecule is CCCc1sc(NC(=O)c2ccc(SC(C)C)cc2)nc1-c1ccc(-c2ccccc2)cc1. The van der Waals surface area contributed by atoms with Gasteiger partial charge in [-0.2, -0.15) is 0 Å². The minimum atomic E-state index is -0.126. The molecule has 0 fully saturated rings. The Labute approximate surface area is 204 Å². The summed E-state index contributed by atoms with van der Waals surface area (Å²) in [6.45, 7) is 6.49. The summed E-state index contributed by atoms with van der Waals surface area (Å²) in [7, 11) is 0. The summed E-state index contributed by atoms with van der Waals surface area (Å²) in [6, 6.07) is 26.6. The van der Waals surface area contributed by atoms with Gasteiger partial charge in [-0.1, -0.05) is 81.8 Å². The molecule has 0 aliphatic heterocycles. The maximum atomic E-state index is 12.8. The number of nitrogens with zero attached hydrogens (tertiary/aromatic N) is 1. The zero-order valence-electron chi connectivity index (χ0n) is 19.2. The van der Waals surface area contributed by atoms with Gasteiger partial charge in [0.25, 0.3) is 5.91 Å². The van der Waals surface area contributed by atoms with Gasteiger partial charge >= 0.3 is 0 Å². The largest absolute Gasteiger partial charge is 0.298 e. The highest BCUT2D eigenvalue weighted by Gasteiger charge is 2.16. The van der Waals surface area contributed by atoms with Crippen molar-refractivity contribution in [3.63, 3.8) is 0 Å². The van der Waals surface area contributed by atoms with E-state index in [0.717, 1.165) is 24.1 Å². The number of amides is 1. The van der Waals surface area contributed by atoms with Crippen molar-refractivity contribution in [2.45, 2.75) is 43.8 Å². The minimum absolute atomic E-state index is 0.126. The molecule has 3 aromatic carbocycles. The Morgan fingerprint density at radius 1 is 0.909 bits per heavy atom. The van der Waals surface area contributed by atoms with E-state index in [-0.39, 0.29) is 5.91 Å². The lowest BCUT2D eigenvalue weighted by atomic mass is 10.0. The summed E-state index contributed by atoms with van der Waals surface area (Å²) in [5.74, 6) is -0.126. The number of aromatic nitrogens is 1. The van der Waals surface area contributed by atoms with Crippen LogP contribution in [-0.4, -0.2) is 16.1 Å². The van der Waals surface area contributed by atoms with Crippen molar-refractivity contribution in [1.82, 2.24) is 4.98 Å². The predicted octanol–water partition coefficient (Wildman–Crippen LogP) is 8.18. The fourth-order valence-electron chi connectivity index (χ4n) is 3.60. The van der Waals surface area contributed by atoms with E-state index >= 15 is 0 Å². The average molecular weight is 473 g/mol. The van der Waals surface area contributed by atoms with E-state index in [4.69, 9.17) is 4.98 Å². The maximum absolute atomic E-state index is 12.8. The summed E-state index contributed by atoms with van der Waals surface area (Å²) in [6.07, 6.45) is 1.96. The van der Waals surface area contributed by atoms with E-state index in [2.05, 4.69) is 74.6 Å². The number of anilines is 1. The normalized spacial score (nSPS) is 11.0. The molecule has 0 radical (unpaired) electrons. The van der Waals surface area contributed by atoms with Crippen molar-refractivity contribution in [1.29, 1.82) is 0 Å². The van der Waals surface area contributed by atoms with Gasteiger partial charge in [0.05, 0.1) is 5.69 Å². The lowest BCUT2D eigenvalue weighted by Crippen LogP contribution is -2.11. The third-order valence-corrected chi connectivity index (χ3v) is 7.19. The second-order valence-electron chi connectivity index (χ2n) is 8.13. The smallest absolute Gasteiger partial charge is 0.257 e. The first-order chi connectivity index (χ1) is 16.0. The minimum Gasteiger partial charge on any atom is -0.298 e. The van der Waals surface area contributed by atoms with Crippen molar-refractivity contribution in [2.24, 2.45) is 0 Å². The summed E-state index contributed by atoms with van der Waals surface area (Å²) in [4.78, 5) is 20.0. The molecular weight excluding hydrogens is 444 g/mol. The van der Waals surface area contributed by atoms with E-state index in [0.29, 0.717) is 15.9 Å². The molecule has 3 nitrogen and oxygen atoms in total. The van der Waals surface area contributed by atoms with E-state index in [1.807, 2.05) is 30.3 Å². The van der Waals surface area contributed by atoms with Gasteiger partial charge in [0.15, 0.2) is 5.13 Å². The summed E-state index contributed by atoms with van der Waals surface area (Å²) in [5, 5.41) is 4.16. The molecule has 0 aliphatic rings. The van der Waals surface area contributed by atoms with Crippen LogP contribution < -0.4 is 5.32 Å². The molecule has 1 N–H and O–H groups in total. The summed E-state index contributed by atoms with van der Waals surface area (Å²) < 4.78 is 0. The number of rotatable bonds is 8. The molecule has 4 aromatic rings. The van der Waals surface area contributed by atoms with Gasteiger partial charge in [-0.3, -0.25) is 10.1 Å². The summed E-state index contributed by atoms with van der Waals surface area (Å²) in [5.41, 5.74) is 5.05. The van der Waals surface area contributed by atoms with Crippen molar-refractivity contribution < 1.29 is 4.79 Å². The number of hydrogen-bond acceptors (Lipinski definition) is 4. The standard InChI is InChI=1S/C28H28N2OS2/c1-4-8-25-26(22-13-11-21(12-14-22)20-9-6-5-7-10-20)29-28(33-25)30-27(31)23-15-17-24(18-16-23)32-19(2)3/h5-7,9-19H,4,8H2,1-3H3,(H,29,30,31). The van der Waals surface area contributed by atoms with Crippen LogP contribution in [0.4, 0.5) is 5.13 Å². The van der Waals surface area contributed by atoms with Crippen LogP contribution in [0, 0.1) is 0 Å². The van der Waals surface area contributed by atoms with Crippen molar-refractivity contribution in [3.05, 3.63) is 89.3 Å². The highest BCUT2D eigenvalue weighted by molar-refractivity contribution is 7.99. The van der Waals surface area contributed by atoms with Gasteiger partial charge in [0.1, 0.15) is 0 Å². The Hall–Kier alpha value is -2.89. The average Bonchev–Trinajstić information content (AvgIpc) is 3.22. The molecule has 0 atom stereocenters. The molecule has 4 rings (SSSR count). The monoisotopic (exact) mass is 472 g/mol. The zero-order valence-corrected chi connectivity index (χ0v) is 20.8. The van der Waals surface area contributed by atoms with Gasteiger partial charge in [-0.25, -0.2) is 4.98 Å². The van der Waals surface area contributed by atoms with Gasteiger partial charge in [-0.15, -0.1) is 23.1 Å². The molecule has 0 spiro atoms. The molecule has 0 aliphatic carbocycles. The third-order valence-electron chi connectivity index (χ3n) is 5.15. The van der Waals surface area contributed by atoms with Crippen LogP contribution in [0.15, 0.2) is 83.8 Å². The number of carbonyl (C=O) groups excluding carboxylic acids is 1. The maximum Gasteiger partial charge on any atom is 0.257 e. The Morgan fingerprint density at radius 2 is 1.55 bits per heavy atom. The van der Waals surface area contributed by atoms with Crippen LogP contribution in [0.25, 0.3) is 22.4 Å². The second kappa shape index (κ2) is 10.8. The van der Waals surface area contributed by atoms with Crippen LogP contribution in [0.1, 0.15) is 42.4 Å². The Bertz CT molecular complexity index is 1200. The van der Waals surface area contributed by atoms with Crippen molar-refractivity contribution >= 4 is 34.1 Å². The number of nitrogens with one attached hydrogen (secondary N) is 1. The molecule has 168 valence electrons. The number of hydrogen-bond donors (Lipinski definition) is 1. The van der Waals surface area contributed by atoms with Crippen molar-refractivity contribution in [3.8, 4) is 22.4 Å². The molecule has 0 saturated heterocycles. The van der Waals surface area contributed by atoms with Crippen LogP contribution in [0.2, 0.25) is 0 Å². The Balaban J connectivity index is 1.53. The van der Waals surface area contributed by atoms with Gasteiger partial charge in [-0.05, 0) is 41.8 Å². The predicted molar refractivity (Wildman–Crippen MR) is 142 cm³/mol. The molecular formula is C28H28N2OS2. The topological polar surface area (TPSA) is 42.0 Å². The van der Waals surface area contributed by atoms with E-state index in [1.165, 1.54) is 20.9 Å². The lowest BCUT2D eigenvalue weighted by molar-refractivity contribution is 0.102. The molecule has 33 heavy (non-hydrogen) atoms. The molecule has 0 saturated carbocycles. The van der Waals surface area contributed by atoms with Crippen LogP contribution in [0.3, 0.4) is 0 Å². The second-order valence-corrected chi connectivity index (χ2v) is 10.9. The molecule has 0 bridgehead atoms. The Morgan fingerprint density at radius 3 is 2.18 bits per heavy atom. The summed E-state index contributed by atoms with van der Waals surface area (Å²) >= 11 is 3.36. The van der Waals surface area contributed by atoms with Gasteiger partial charge in [0, 0.05) is 26.1 Å². The Kier molecular flexibility index (Phi) is 7.63. The molecule has 1 heterocycles. The molecule has 1 aromatic heterocycles. The highest BCUT2D eigenvalue weighted by atomic mass is 32.2. The molecule has 0 unspecified atom stereocenters. The van der Waals surface area contributed by atoms with Gasteiger partial charge < -0.3 is 0 Å². The lowest BCUT2D eigenvalue weighted by Gasteiger charge is -2.06. The van der Waals surface area contributed by atoms with E-state index < -0.39 is 0 Å². The van der Waals surface area contributed by atoms with Crippen molar-refractivity contribution in [2.75, 3.05) is 5.32 Å². The quantitative estimate of drug-likeness (QED) is 0.263.